The minimum Gasteiger partial charge on any atom is -0.379 e. The Hall–Kier alpha value is -0.430. The van der Waals surface area contributed by atoms with Gasteiger partial charge in [-0.15, -0.1) is 0 Å². The van der Waals surface area contributed by atoms with Crippen molar-refractivity contribution in [2.75, 3.05) is 19.8 Å². The molecule has 180 valence electrons. The van der Waals surface area contributed by atoms with E-state index in [-0.39, 0.29) is 6.42 Å². The summed E-state index contributed by atoms with van der Waals surface area (Å²) < 4.78 is 72.9. The summed E-state index contributed by atoms with van der Waals surface area (Å²) in [6, 6.07) is 0. The van der Waals surface area contributed by atoms with Crippen molar-refractivity contribution in [1.82, 2.24) is 0 Å². The summed E-state index contributed by atoms with van der Waals surface area (Å²) >= 11 is 0. The molecule has 0 aromatic carbocycles. The molecule has 0 radical (unpaired) electrons. The first-order valence-electron chi connectivity index (χ1n) is 12.0. The highest BCUT2D eigenvalue weighted by Gasteiger charge is 2.56. The molecule has 0 aromatic heterocycles. The van der Waals surface area contributed by atoms with E-state index >= 15 is 0 Å². The zero-order valence-corrected chi connectivity index (χ0v) is 18.4. The molecular formula is C23H41F5O2. The van der Waals surface area contributed by atoms with Gasteiger partial charge >= 0.3 is 12.1 Å². The second-order valence-electron chi connectivity index (χ2n) is 8.61. The zero-order valence-electron chi connectivity index (χ0n) is 18.4. The molecule has 1 atom stereocenters. The molecule has 1 unspecified atom stereocenters. The number of ether oxygens (including phenoxy) is 2. The average molecular weight is 445 g/mol. The highest BCUT2D eigenvalue weighted by atomic mass is 19.4. The fourth-order valence-corrected chi connectivity index (χ4v) is 3.79. The molecule has 0 aromatic rings. The molecule has 0 aliphatic carbocycles. The average Bonchev–Trinajstić information content (AvgIpc) is 2.70. The molecule has 1 heterocycles. The summed E-state index contributed by atoms with van der Waals surface area (Å²) in [5.74, 6) is -4.54. The fraction of sp³-hybridized carbons (Fsp3) is 1.00. The van der Waals surface area contributed by atoms with Crippen LogP contribution in [0.25, 0.3) is 0 Å². The van der Waals surface area contributed by atoms with Gasteiger partial charge in [-0.3, -0.25) is 0 Å². The molecule has 0 saturated carbocycles. The highest BCUT2D eigenvalue weighted by molar-refractivity contribution is 4.75. The first-order valence-corrected chi connectivity index (χ1v) is 12.0. The predicted molar refractivity (Wildman–Crippen MR) is 110 cm³/mol. The maximum absolute atomic E-state index is 12.7. The third-order valence-electron chi connectivity index (χ3n) is 5.77. The Labute approximate surface area is 179 Å². The van der Waals surface area contributed by atoms with Gasteiger partial charge in [0.15, 0.2) is 0 Å². The molecule has 0 spiro atoms. The van der Waals surface area contributed by atoms with Crippen molar-refractivity contribution in [1.29, 1.82) is 0 Å². The number of halogens is 5. The van der Waals surface area contributed by atoms with Crippen LogP contribution >= 0.6 is 0 Å². The molecular weight excluding hydrogens is 403 g/mol. The third kappa shape index (κ3) is 13.8. The molecule has 1 fully saturated rings. The Morgan fingerprint density at radius 2 is 1.17 bits per heavy atom. The van der Waals surface area contributed by atoms with Crippen molar-refractivity contribution in [3.63, 3.8) is 0 Å². The van der Waals surface area contributed by atoms with Gasteiger partial charge in [0.05, 0.1) is 12.7 Å². The molecule has 30 heavy (non-hydrogen) atoms. The van der Waals surface area contributed by atoms with Crippen LogP contribution in [0.2, 0.25) is 0 Å². The van der Waals surface area contributed by atoms with E-state index in [1.807, 2.05) is 0 Å². The third-order valence-corrected chi connectivity index (χ3v) is 5.77. The van der Waals surface area contributed by atoms with E-state index in [1.54, 1.807) is 0 Å². The first kappa shape index (κ1) is 27.6. The largest absolute Gasteiger partial charge is 0.453 e. The molecule has 0 amide bonds. The molecule has 1 rings (SSSR count). The van der Waals surface area contributed by atoms with E-state index < -0.39 is 18.5 Å². The Morgan fingerprint density at radius 1 is 0.667 bits per heavy atom. The van der Waals surface area contributed by atoms with E-state index in [0.29, 0.717) is 12.5 Å². The second kappa shape index (κ2) is 16.2. The van der Waals surface area contributed by atoms with Crippen LogP contribution < -0.4 is 0 Å². The molecule has 1 aliphatic heterocycles. The summed E-state index contributed by atoms with van der Waals surface area (Å²) in [4.78, 5) is 0. The normalized spacial score (nSPS) is 18.1. The molecule has 7 heteroatoms. The van der Waals surface area contributed by atoms with Crippen LogP contribution in [0.1, 0.15) is 109 Å². The quantitative estimate of drug-likeness (QED) is 0.157. The minimum absolute atomic E-state index is 0.0636. The van der Waals surface area contributed by atoms with Crippen LogP contribution in [0.4, 0.5) is 22.0 Å². The first-order chi connectivity index (χ1) is 14.3. The van der Waals surface area contributed by atoms with Crippen LogP contribution in [0.15, 0.2) is 0 Å². The second-order valence-corrected chi connectivity index (χ2v) is 8.61. The van der Waals surface area contributed by atoms with Gasteiger partial charge in [0, 0.05) is 19.6 Å². The Morgan fingerprint density at radius 3 is 1.63 bits per heavy atom. The topological polar surface area (TPSA) is 18.5 Å². The van der Waals surface area contributed by atoms with E-state index in [0.717, 1.165) is 58.3 Å². The van der Waals surface area contributed by atoms with Crippen LogP contribution in [0, 0.1) is 0 Å². The van der Waals surface area contributed by atoms with Gasteiger partial charge in [-0.25, -0.2) is 0 Å². The Balaban J connectivity index is 1.73. The van der Waals surface area contributed by atoms with Gasteiger partial charge in [0.1, 0.15) is 0 Å². The zero-order chi connectivity index (χ0) is 22.1. The lowest BCUT2D eigenvalue weighted by Gasteiger charge is -2.22. The van der Waals surface area contributed by atoms with E-state index in [9.17, 15) is 22.0 Å². The standard InChI is InChI=1S/C23H41F5O2/c24-22(25,23(26,27)28)17-13-10-8-6-4-2-1-3-5-7-9-11-14-18-29-20-21-16-12-15-19-30-21/h21H,1-20H2. The summed E-state index contributed by atoms with van der Waals surface area (Å²) in [6.07, 6.45) is 10.0. The summed E-state index contributed by atoms with van der Waals surface area (Å²) in [5.41, 5.74) is 0. The van der Waals surface area contributed by atoms with Gasteiger partial charge in [-0.1, -0.05) is 70.6 Å². The van der Waals surface area contributed by atoms with Crippen LogP contribution in [0.3, 0.4) is 0 Å². The Bertz CT molecular complexity index is 396. The SMILES string of the molecule is FC(F)(F)C(F)(F)CCCCCCCCCCCCCCCOCC1CCCCO1. The predicted octanol–water partition coefficient (Wildman–Crippen LogP) is 8.23. The van der Waals surface area contributed by atoms with Crippen molar-refractivity contribution < 1.29 is 31.4 Å². The molecule has 1 aliphatic rings. The lowest BCUT2D eigenvalue weighted by atomic mass is 10.0. The van der Waals surface area contributed by atoms with Gasteiger partial charge in [0.25, 0.3) is 0 Å². The van der Waals surface area contributed by atoms with Crippen molar-refractivity contribution in [2.24, 2.45) is 0 Å². The number of hydrogen-bond acceptors (Lipinski definition) is 2. The summed E-state index contributed by atoms with van der Waals surface area (Å²) in [7, 11) is 0. The van der Waals surface area contributed by atoms with Gasteiger partial charge in [-0.05, 0) is 32.1 Å². The van der Waals surface area contributed by atoms with Crippen molar-refractivity contribution in [3.8, 4) is 0 Å². The van der Waals surface area contributed by atoms with Gasteiger partial charge in [-0.2, -0.15) is 22.0 Å². The van der Waals surface area contributed by atoms with E-state index in [2.05, 4.69) is 0 Å². The van der Waals surface area contributed by atoms with E-state index in [4.69, 9.17) is 9.47 Å². The summed E-state index contributed by atoms with van der Waals surface area (Å²) in [6.45, 7) is 2.44. The molecule has 1 saturated heterocycles. The lowest BCUT2D eigenvalue weighted by Crippen LogP contribution is -2.36. The van der Waals surface area contributed by atoms with Gasteiger partial charge < -0.3 is 9.47 Å². The number of hydrogen-bond donors (Lipinski definition) is 0. The lowest BCUT2D eigenvalue weighted by molar-refractivity contribution is -0.284. The smallest absolute Gasteiger partial charge is 0.379 e. The van der Waals surface area contributed by atoms with E-state index in [1.165, 1.54) is 51.4 Å². The van der Waals surface area contributed by atoms with Crippen LogP contribution in [0.5, 0.6) is 0 Å². The van der Waals surface area contributed by atoms with Crippen molar-refractivity contribution in [2.45, 2.75) is 127 Å². The fourth-order valence-electron chi connectivity index (χ4n) is 3.79. The Kier molecular flexibility index (Phi) is 14.9. The highest BCUT2D eigenvalue weighted by Crippen LogP contribution is 2.39. The minimum atomic E-state index is -5.41. The van der Waals surface area contributed by atoms with Crippen LogP contribution in [-0.2, 0) is 9.47 Å². The van der Waals surface area contributed by atoms with Crippen molar-refractivity contribution in [3.05, 3.63) is 0 Å². The number of rotatable bonds is 18. The molecule has 2 nitrogen and oxygen atoms in total. The maximum atomic E-state index is 12.7. The number of alkyl halides is 5. The molecule has 0 bridgehead atoms. The van der Waals surface area contributed by atoms with Crippen LogP contribution in [-0.4, -0.2) is 38.0 Å². The maximum Gasteiger partial charge on any atom is 0.453 e. The molecule has 0 N–H and O–H groups in total. The monoisotopic (exact) mass is 444 g/mol. The number of unbranched alkanes of at least 4 members (excludes halogenated alkanes) is 12. The summed E-state index contributed by atoms with van der Waals surface area (Å²) in [5, 5.41) is 0. The van der Waals surface area contributed by atoms with Crippen molar-refractivity contribution >= 4 is 0 Å². The van der Waals surface area contributed by atoms with Gasteiger partial charge in [0.2, 0.25) is 0 Å².